The number of nitrogens with two attached hydrogens (primary N) is 1. The highest BCUT2D eigenvalue weighted by molar-refractivity contribution is 7.99. The van der Waals surface area contributed by atoms with Gasteiger partial charge in [-0.3, -0.25) is 0 Å². The van der Waals surface area contributed by atoms with Gasteiger partial charge in [0.2, 0.25) is 0 Å². The number of rotatable bonds is 6. The summed E-state index contributed by atoms with van der Waals surface area (Å²) < 4.78 is 28.6. The van der Waals surface area contributed by atoms with E-state index in [-0.39, 0.29) is 13.2 Å². The zero-order valence-electron chi connectivity index (χ0n) is 8.69. The number of aromatic nitrogens is 1. The lowest BCUT2D eigenvalue weighted by molar-refractivity contribution is 0.153. The summed E-state index contributed by atoms with van der Waals surface area (Å²) in [7, 11) is 0. The molecule has 3 N–H and O–H groups in total. The van der Waals surface area contributed by atoms with Crippen LogP contribution in [0.15, 0.2) is 4.90 Å². The molecule has 8 heteroatoms. The molecule has 0 atom stereocenters. The molecular formula is C8H13F2N3OS2. The van der Waals surface area contributed by atoms with Gasteiger partial charge in [0.05, 0.1) is 18.0 Å². The van der Waals surface area contributed by atoms with Crippen LogP contribution in [-0.2, 0) is 0 Å². The van der Waals surface area contributed by atoms with Gasteiger partial charge in [0.25, 0.3) is 6.43 Å². The maximum Gasteiger partial charge on any atom is 0.255 e. The van der Waals surface area contributed by atoms with Gasteiger partial charge in [0.1, 0.15) is 5.00 Å². The monoisotopic (exact) mass is 269 g/mol. The number of aliphatic hydroxyl groups excluding tert-OH is 1. The Labute approximate surface area is 101 Å². The average molecular weight is 269 g/mol. The number of aliphatic hydroxyl groups is 1. The number of nitrogen functional groups attached to an aromatic ring is 1. The summed E-state index contributed by atoms with van der Waals surface area (Å²) in [4.78, 5) is 2.10. The molecule has 1 aromatic heterocycles. The van der Waals surface area contributed by atoms with Gasteiger partial charge in [-0.25, -0.2) is 8.78 Å². The largest absolute Gasteiger partial charge is 0.395 e. The van der Waals surface area contributed by atoms with Gasteiger partial charge in [-0.2, -0.15) is 4.37 Å². The standard InChI is InChI=1S/C8H13F2N3OS2/c1-15-6-7(11)12-16-8(6)13(2-3-14)4-5(9)10/h5,14H,2-4H2,1H3,(H2,11,12). The van der Waals surface area contributed by atoms with Crippen LogP contribution in [0.3, 0.4) is 0 Å². The fourth-order valence-corrected chi connectivity index (χ4v) is 2.96. The van der Waals surface area contributed by atoms with Gasteiger partial charge < -0.3 is 15.7 Å². The van der Waals surface area contributed by atoms with E-state index in [9.17, 15) is 8.78 Å². The van der Waals surface area contributed by atoms with Crippen LogP contribution in [0.1, 0.15) is 0 Å². The maximum atomic E-state index is 12.4. The molecule has 0 fully saturated rings. The van der Waals surface area contributed by atoms with Crippen molar-refractivity contribution in [2.45, 2.75) is 11.3 Å². The fraction of sp³-hybridized carbons (Fsp3) is 0.625. The number of hydrogen-bond donors (Lipinski definition) is 2. The van der Waals surface area contributed by atoms with Crippen molar-refractivity contribution in [3.05, 3.63) is 0 Å². The first-order chi connectivity index (χ1) is 7.60. The molecular weight excluding hydrogens is 256 g/mol. The molecule has 0 radical (unpaired) electrons. The zero-order chi connectivity index (χ0) is 12.1. The quantitative estimate of drug-likeness (QED) is 0.767. The molecule has 0 bridgehead atoms. The number of alkyl halides is 2. The van der Waals surface area contributed by atoms with Crippen molar-refractivity contribution >= 4 is 34.1 Å². The van der Waals surface area contributed by atoms with Gasteiger partial charge in [-0.15, -0.1) is 11.8 Å². The van der Waals surface area contributed by atoms with Crippen molar-refractivity contribution in [3.63, 3.8) is 0 Å². The third-order valence-corrected chi connectivity index (χ3v) is 3.74. The van der Waals surface area contributed by atoms with E-state index in [4.69, 9.17) is 10.8 Å². The molecule has 92 valence electrons. The molecule has 0 unspecified atom stereocenters. The smallest absolute Gasteiger partial charge is 0.255 e. The Balaban J connectivity index is 2.91. The first-order valence-electron chi connectivity index (χ1n) is 4.53. The number of nitrogens with zero attached hydrogens (tertiary/aromatic N) is 2. The lowest BCUT2D eigenvalue weighted by atomic mass is 10.4. The number of hydrogen-bond acceptors (Lipinski definition) is 6. The molecule has 4 nitrogen and oxygen atoms in total. The van der Waals surface area contributed by atoms with Crippen LogP contribution >= 0.6 is 23.3 Å². The molecule has 16 heavy (non-hydrogen) atoms. The van der Waals surface area contributed by atoms with E-state index in [1.165, 1.54) is 16.7 Å². The van der Waals surface area contributed by atoms with E-state index in [1.54, 1.807) is 0 Å². The normalized spacial score (nSPS) is 11.1. The van der Waals surface area contributed by atoms with Crippen molar-refractivity contribution in [1.29, 1.82) is 0 Å². The highest BCUT2D eigenvalue weighted by atomic mass is 32.2. The summed E-state index contributed by atoms with van der Waals surface area (Å²) in [6.07, 6.45) is -0.645. The predicted octanol–water partition coefficient (Wildman–Crippen LogP) is 1.51. The van der Waals surface area contributed by atoms with Crippen molar-refractivity contribution in [2.75, 3.05) is 36.6 Å². The lowest BCUT2D eigenvalue weighted by Crippen LogP contribution is -2.31. The second kappa shape index (κ2) is 6.21. The maximum absolute atomic E-state index is 12.4. The van der Waals surface area contributed by atoms with Crippen LogP contribution in [0.5, 0.6) is 0 Å². The Hall–Kier alpha value is -0.600. The molecule has 0 amide bonds. The van der Waals surface area contributed by atoms with E-state index in [0.29, 0.717) is 15.7 Å². The molecule has 1 aromatic rings. The minimum absolute atomic E-state index is 0.152. The minimum atomic E-state index is -2.45. The molecule has 0 saturated carbocycles. The predicted molar refractivity (Wildman–Crippen MR) is 63.6 cm³/mol. The second-order valence-corrected chi connectivity index (χ2v) is 4.54. The van der Waals surface area contributed by atoms with Crippen LogP contribution < -0.4 is 10.6 Å². The van der Waals surface area contributed by atoms with Crippen molar-refractivity contribution < 1.29 is 13.9 Å². The first kappa shape index (κ1) is 13.5. The van der Waals surface area contributed by atoms with Crippen molar-refractivity contribution in [1.82, 2.24) is 4.37 Å². The van der Waals surface area contributed by atoms with E-state index in [1.807, 2.05) is 6.26 Å². The van der Waals surface area contributed by atoms with Gasteiger partial charge >= 0.3 is 0 Å². The molecule has 0 spiro atoms. The van der Waals surface area contributed by atoms with E-state index in [0.717, 1.165) is 11.5 Å². The molecule has 0 aliphatic heterocycles. The van der Waals surface area contributed by atoms with Crippen LogP contribution in [0.4, 0.5) is 19.6 Å². The summed E-state index contributed by atoms with van der Waals surface area (Å²) in [5.41, 5.74) is 5.62. The van der Waals surface area contributed by atoms with Crippen LogP contribution in [0, 0.1) is 0 Å². The van der Waals surface area contributed by atoms with E-state index < -0.39 is 13.0 Å². The molecule has 0 saturated heterocycles. The third kappa shape index (κ3) is 3.19. The van der Waals surface area contributed by atoms with Crippen LogP contribution in [0.2, 0.25) is 0 Å². The molecule has 0 aliphatic rings. The Morgan fingerprint density at radius 3 is 2.81 bits per heavy atom. The first-order valence-corrected chi connectivity index (χ1v) is 6.53. The summed E-state index contributed by atoms with van der Waals surface area (Å²) in [6, 6.07) is 0. The number of halogens is 2. The van der Waals surface area contributed by atoms with Gasteiger partial charge in [0, 0.05) is 6.54 Å². The Morgan fingerprint density at radius 2 is 2.31 bits per heavy atom. The Bertz CT molecular complexity index is 335. The fourth-order valence-electron chi connectivity index (χ4n) is 1.24. The Kier molecular flexibility index (Phi) is 5.23. The van der Waals surface area contributed by atoms with Crippen molar-refractivity contribution in [3.8, 4) is 0 Å². The zero-order valence-corrected chi connectivity index (χ0v) is 10.3. The topological polar surface area (TPSA) is 62.4 Å². The summed E-state index contributed by atoms with van der Waals surface area (Å²) in [5.74, 6) is 0.352. The molecule has 1 rings (SSSR count). The van der Waals surface area contributed by atoms with Crippen LogP contribution in [0.25, 0.3) is 0 Å². The highest BCUT2D eigenvalue weighted by Gasteiger charge is 2.19. The summed E-state index contributed by atoms with van der Waals surface area (Å²) >= 11 is 2.44. The summed E-state index contributed by atoms with van der Waals surface area (Å²) in [6.45, 7) is -0.451. The van der Waals surface area contributed by atoms with Gasteiger partial charge in [-0.1, -0.05) is 0 Å². The highest BCUT2D eigenvalue weighted by Crippen LogP contribution is 2.37. The number of anilines is 2. The second-order valence-electron chi connectivity index (χ2n) is 2.97. The third-order valence-electron chi connectivity index (χ3n) is 1.88. The molecule has 0 aliphatic carbocycles. The van der Waals surface area contributed by atoms with Gasteiger partial charge in [-0.05, 0) is 17.8 Å². The van der Waals surface area contributed by atoms with E-state index >= 15 is 0 Å². The van der Waals surface area contributed by atoms with Gasteiger partial charge in [0.15, 0.2) is 5.82 Å². The molecule has 0 aromatic carbocycles. The van der Waals surface area contributed by atoms with Crippen molar-refractivity contribution in [2.24, 2.45) is 0 Å². The van der Waals surface area contributed by atoms with E-state index in [2.05, 4.69) is 4.37 Å². The molecule has 1 heterocycles. The number of thioether (sulfide) groups is 1. The Morgan fingerprint density at radius 1 is 1.62 bits per heavy atom. The SMILES string of the molecule is CSc1c(N)nsc1N(CCO)CC(F)F. The average Bonchev–Trinajstić information content (AvgIpc) is 2.58. The lowest BCUT2D eigenvalue weighted by Gasteiger charge is -2.22. The minimum Gasteiger partial charge on any atom is -0.395 e. The van der Waals surface area contributed by atoms with Crippen LogP contribution in [-0.4, -0.2) is 41.9 Å². The summed E-state index contributed by atoms with van der Waals surface area (Å²) in [5, 5.41) is 9.44.